The molecule has 0 fully saturated rings. The second kappa shape index (κ2) is 41.5. The summed E-state index contributed by atoms with van der Waals surface area (Å²) in [5.41, 5.74) is 18.4. The van der Waals surface area contributed by atoms with Crippen LogP contribution in [0.2, 0.25) is 0 Å². The Bertz CT molecular complexity index is 6110. The van der Waals surface area contributed by atoms with Gasteiger partial charge in [0.1, 0.15) is 0 Å². The SMILES string of the molecule is [C-]#[N+]C(C#N)=C1/C(=C/c2cc3c(s2)-c2sc4c(-c5ccc(OCC(CC)CCCC)s5)c5c6c(sc5c(-c5ccc(OCC(CC)CCCC)s5)c4c2C3(c2ccc(CCCCCC)cc2)c2ccc(CCCCCC)cc2)-c2sc(/C=C3\C(=O)c4cscc4\C3=C(/C#N)[N+]#[C-])cc2C6(c2ccc(CCCCCC)cc2)c2ccc(CCCCCC)cc2)C(=O)c2cscc21. The minimum Gasteiger partial charge on any atom is -0.484 e. The third kappa shape index (κ3) is 17.3. The lowest BCUT2D eigenvalue weighted by Crippen LogP contribution is -2.29. The molecule has 0 amide bonds. The molecular weight excluding hydrogens is 1750 g/mol. The van der Waals surface area contributed by atoms with Crippen LogP contribution in [0.25, 0.3) is 93.6 Å². The van der Waals surface area contributed by atoms with Gasteiger partial charge in [-0.25, -0.2) is 20.2 Å². The molecule has 16 heteroatoms. The molecule has 130 heavy (non-hydrogen) atoms. The number of rotatable bonds is 42. The van der Waals surface area contributed by atoms with Crippen LogP contribution < -0.4 is 9.47 Å². The van der Waals surface area contributed by atoms with Crippen LogP contribution >= 0.6 is 90.7 Å². The van der Waals surface area contributed by atoms with Gasteiger partial charge in [0.15, 0.2) is 21.7 Å². The van der Waals surface area contributed by atoms with Crippen LogP contribution in [0.3, 0.4) is 0 Å². The summed E-state index contributed by atoms with van der Waals surface area (Å²) >= 11 is 13.6. The highest BCUT2D eigenvalue weighted by Crippen LogP contribution is 2.71. The third-order valence-electron chi connectivity index (χ3n) is 27.6. The van der Waals surface area contributed by atoms with Crippen molar-refractivity contribution in [2.24, 2.45) is 11.8 Å². The summed E-state index contributed by atoms with van der Waals surface area (Å²) in [5.74, 6) is 0.424. The van der Waals surface area contributed by atoms with E-state index in [-0.39, 0.29) is 23.0 Å². The first-order valence-corrected chi connectivity index (χ1v) is 54.5. The molecule has 2 atom stereocenters. The molecule has 8 heterocycles. The fourth-order valence-corrected chi connectivity index (χ4v) is 29.6. The van der Waals surface area contributed by atoms with Crippen molar-refractivity contribution in [1.82, 2.24) is 0 Å². The molecule has 8 aromatic heterocycles. The minimum atomic E-state index is -1.000. The van der Waals surface area contributed by atoms with Gasteiger partial charge in [-0.2, -0.15) is 22.7 Å². The smallest absolute Gasteiger partial charge is 0.270 e. The van der Waals surface area contributed by atoms with Gasteiger partial charge in [0, 0.05) is 95.0 Å². The Morgan fingerprint density at radius 1 is 0.400 bits per heavy atom. The van der Waals surface area contributed by atoms with E-state index in [0.717, 1.165) is 257 Å². The number of aryl methyl sites for hydroxylation is 4. The molecule has 4 aliphatic rings. The van der Waals surface area contributed by atoms with E-state index >= 15 is 9.59 Å². The summed E-state index contributed by atoms with van der Waals surface area (Å²) in [7, 11) is 0. The number of allylic oxidation sites excluding steroid dienone is 6. The second-order valence-corrected chi connectivity index (χ2v) is 43.6. The number of unbranched alkanes of at least 4 members (excludes halogenated alkanes) is 14. The summed E-state index contributed by atoms with van der Waals surface area (Å²) in [4.78, 5) is 46.5. The Balaban J connectivity index is 1.04. The Morgan fingerprint density at radius 3 is 1.04 bits per heavy atom. The van der Waals surface area contributed by atoms with Crippen molar-refractivity contribution in [2.45, 2.75) is 246 Å². The van der Waals surface area contributed by atoms with Gasteiger partial charge in [-0.15, -0.1) is 45.3 Å². The van der Waals surface area contributed by atoms with Gasteiger partial charge in [-0.3, -0.25) is 9.59 Å². The highest BCUT2D eigenvalue weighted by molar-refractivity contribution is 7.30. The molecule has 17 rings (SSSR count). The number of hydrogen-bond acceptors (Lipinski definition) is 14. The van der Waals surface area contributed by atoms with E-state index in [1.165, 1.54) is 92.5 Å². The molecule has 0 aliphatic heterocycles. The minimum absolute atomic E-state index is 0.0934. The highest BCUT2D eigenvalue weighted by atomic mass is 32.1. The summed E-state index contributed by atoms with van der Waals surface area (Å²) < 4.78 is 16.8. The lowest BCUT2D eigenvalue weighted by atomic mass is 9.66. The van der Waals surface area contributed by atoms with Gasteiger partial charge in [0.05, 0.1) is 68.8 Å². The van der Waals surface area contributed by atoms with E-state index in [0.29, 0.717) is 69.6 Å². The maximum atomic E-state index is 15.2. The van der Waals surface area contributed by atoms with Crippen LogP contribution in [-0.2, 0) is 36.5 Å². The standard InChI is InChI=1S/C114H114N4O4S8/c1-11-19-25-29-35-73-39-47-77(48-40-73)113(78-49-41-74(42-50-78)36-30-26-20-12-2)89-61-81(59-83-97(91(63-115)117-9)85-67-123-69-87(85)105(83)119)125-107(89)111-103(113)101-99(93-55-57-95(127-93)121-65-71(17-7)33-23-15-5)110-102(100(109(101)129-111)94-56-58-96(128-94)122-66-72(18-8)34-24-16-6)104-112(130-110)108-90(62-82(126-108)60-84-98(92(64-116)118-10)86-68-124-70-88(86)106(84)120)114(104,79-51-43-75(44-52-79)37-31-27-21-13-3)80-53-45-76(46-54-80)38-32-28-22-14-4/h39-62,67-72H,11-38,65-66H2,1-8H3/b83-59-,84-60-,97-91+,98-92?. The van der Waals surface area contributed by atoms with Crippen LogP contribution in [0.15, 0.2) is 178 Å². The number of fused-ring (bicyclic) bond motifs is 12. The monoisotopic (exact) mass is 1860 g/mol. The van der Waals surface area contributed by atoms with Crippen molar-refractivity contribution in [3.8, 4) is 62.7 Å². The largest absolute Gasteiger partial charge is 0.484 e. The molecule has 13 aromatic rings. The zero-order chi connectivity index (χ0) is 90.2. The molecule has 0 spiro atoms. The molecule has 0 N–H and O–H groups in total. The predicted molar refractivity (Wildman–Crippen MR) is 555 cm³/mol. The number of hydrogen-bond donors (Lipinski definition) is 0. The number of ether oxygens (including phenoxy) is 2. The van der Waals surface area contributed by atoms with Crippen LogP contribution in [0, 0.1) is 47.6 Å². The van der Waals surface area contributed by atoms with Crippen LogP contribution in [0.4, 0.5) is 0 Å². The summed E-state index contributed by atoms with van der Waals surface area (Å²) in [6.07, 6.45) is 35.1. The van der Waals surface area contributed by atoms with Gasteiger partial charge in [0.25, 0.3) is 11.4 Å². The van der Waals surface area contributed by atoms with Crippen molar-refractivity contribution in [2.75, 3.05) is 13.2 Å². The maximum Gasteiger partial charge on any atom is 0.270 e. The molecule has 2 unspecified atom stereocenters. The Morgan fingerprint density at radius 2 is 0.731 bits per heavy atom. The van der Waals surface area contributed by atoms with E-state index < -0.39 is 10.8 Å². The summed E-state index contributed by atoms with van der Waals surface area (Å²) in [5, 5.41) is 33.3. The third-order valence-corrected chi connectivity index (χ3v) is 36.0. The molecule has 4 aliphatic carbocycles. The average molecular weight is 1860 g/mol. The van der Waals surface area contributed by atoms with Gasteiger partial charge in [0.2, 0.25) is 0 Å². The lowest BCUT2D eigenvalue weighted by Gasteiger charge is -2.35. The highest BCUT2D eigenvalue weighted by Gasteiger charge is 2.55. The van der Waals surface area contributed by atoms with Crippen LogP contribution in [0.1, 0.15) is 318 Å². The first kappa shape index (κ1) is 92.0. The average Bonchev–Trinajstić information content (AvgIpc) is 1.48. The van der Waals surface area contributed by atoms with Gasteiger partial charge in [-0.05, 0) is 213 Å². The maximum absolute atomic E-state index is 15.2. The number of ketones is 2. The number of carbonyl (C=O) groups is 2. The first-order valence-electron chi connectivity index (χ1n) is 47.7. The molecule has 8 nitrogen and oxygen atoms in total. The van der Waals surface area contributed by atoms with Gasteiger partial charge < -0.3 is 9.47 Å². The van der Waals surface area contributed by atoms with E-state index in [9.17, 15) is 10.5 Å². The van der Waals surface area contributed by atoms with Gasteiger partial charge in [-0.1, -0.05) is 291 Å². The number of Topliss-reactive ketones (excluding diaryl/α,β-unsaturated/α-hetero) is 2. The summed E-state index contributed by atoms with van der Waals surface area (Å²) in [6, 6.07) is 57.1. The molecule has 662 valence electrons. The van der Waals surface area contributed by atoms with E-state index in [1.807, 2.05) is 56.3 Å². The normalized spacial score (nSPS) is 15.7. The fourth-order valence-electron chi connectivity index (χ4n) is 20.5. The van der Waals surface area contributed by atoms with Gasteiger partial charge >= 0.3 is 0 Å². The van der Waals surface area contributed by atoms with E-state index in [1.54, 1.807) is 45.3 Å². The zero-order valence-corrected chi connectivity index (χ0v) is 82.8. The number of nitrogens with zero attached hydrogens (tertiary/aromatic N) is 4. The fraction of sp³-hybridized carbons (Fsp3) is 0.368. The summed E-state index contributed by atoms with van der Waals surface area (Å²) in [6.45, 7) is 36.3. The topological polar surface area (TPSA) is 109 Å². The van der Waals surface area contributed by atoms with Crippen molar-refractivity contribution in [3.05, 3.63) is 299 Å². The van der Waals surface area contributed by atoms with Crippen molar-refractivity contribution in [3.63, 3.8) is 0 Å². The quantitative estimate of drug-likeness (QED) is 0.0163. The Hall–Kier alpha value is -9.92. The van der Waals surface area contributed by atoms with Crippen molar-refractivity contribution in [1.29, 1.82) is 10.5 Å². The first-order chi connectivity index (χ1) is 63.8. The Kier molecular flexibility index (Phi) is 29.3. The second-order valence-electron chi connectivity index (χ2n) is 35.8. The molecule has 0 saturated carbocycles. The number of benzene rings is 5. The molecule has 5 aromatic carbocycles. The Labute approximate surface area is 801 Å². The molecule has 0 bridgehead atoms. The lowest BCUT2D eigenvalue weighted by molar-refractivity contribution is 0.103. The molecule has 0 radical (unpaired) electrons. The zero-order valence-electron chi connectivity index (χ0n) is 76.2. The van der Waals surface area contributed by atoms with Crippen molar-refractivity contribution >= 4 is 146 Å². The predicted octanol–water partition coefficient (Wildman–Crippen LogP) is 35.1. The number of thiophene rings is 8. The molecular formula is C114H114N4O4S8. The molecule has 0 saturated heterocycles. The van der Waals surface area contributed by atoms with E-state index in [2.05, 4.69) is 211 Å². The van der Waals surface area contributed by atoms with Crippen LogP contribution in [0.5, 0.6) is 10.1 Å². The van der Waals surface area contributed by atoms with E-state index in [4.69, 9.17) is 22.6 Å². The van der Waals surface area contributed by atoms with Crippen molar-refractivity contribution < 1.29 is 19.1 Å². The number of carbonyl (C=O) groups excluding carboxylic acids is 2. The van der Waals surface area contributed by atoms with Crippen LogP contribution in [-0.4, -0.2) is 24.8 Å². The number of nitriles is 2.